The highest BCUT2D eigenvalue weighted by molar-refractivity contribution is 9.10. The molecule has 0 aliphatic carbocycles. The zero-order chi connectivity index (χ0) is 13.8. The third-order valence-electron chi connectivity index (χ3n) is 2.49. The van der Waals surface area contributed by atoms with Gasteiger partial charge < -0.3 is 5.32 Å². The van der Waals surface area contributed by atoms with Crippen molar-refractivity contribution in [3.63, 3.8) is 0 Å². The molecule has 0 radical (unpaired) electrons. The van der Waals surface area contributed by atoms with Crippen molar-refractivity contribution in [2.45, 2.75) is 6.54 Å². The average Bonchev–Trinajstić information content (AvgIpc) is 2.39. The maximum atomic E-state index is 12.1. The van der Waals surface area contributed by atoms with E-state index in [4.69, 9.17) is 6.42 Å². The Morgan fingerprint density at radius 2 is 2.32 bits per heavy atom. The summed E-state index contributed by atoms with van der Waals surface area (Å²) in [5.74, 6) is 1.97. The molecule has 0 spiro atoms. The van der Waals surface area contributed by atoms with Crippen molar-refractivity contribution in [2.24, 2.45) is 0 Å². The van der Waals surface area contributed by atoms with Crippen LogP contribution in [0.25, 0.3) is 10.9 Å². The summed E-state index contributed by atoms with van der Waals surface area (Å²) in [5, 5.41) is 2.96. The summed E-state index contributed by atoms with van der Waals surface area (Å²) in [7, 11) is 0. The molecule has 6 heteroatoms. The molecule has 1 aromatic carbocycles. The quantitative estimate of drug-likeness (QED) is 0.855. The average molecular weight is 320 g/mol. The number of benzene rings is 1. The van der Waals surface area contributed by atoms with E-state index in [1.807, 2.05) is 0 Å². The molecule has 5 nitrogen and oxygen atoms in total. The fourth-order valence-corrected chi connectivity index (χ4v) is 1.95. The van der Waals surface area contributed by atoms with E-state index in [9.17, 15) is 9.59 Å². The molecule has 19 heavy (non-hydrogen) atoms. The Morgan fingerprint density at radius 1 is 1.53 bits per heavy atom. The first-order valence-electron chi connectivity index (χ1n) is 5.46. The minimum absolute atomic E-state index is 0.0977. The zero-order valence-corrected chi connectivity index (χ0v) is 11.5. The van der Waals surface area contributed by atoms with E-state index in [-0.39, 0.29) is 24.6 Å². The van der Waals surface area contributed by atoms with Gasteiger partial charge in [0.2, 0.25) is 5.91 Å². The number of carbonyl (C=O) groups excluding carboxylic acids is 1. The van der Waals surface area contributed by atoms with Crippen LogP contribution in [0.3, 0.4) is 0 Å². The molecule has 1 aromatic heterocycles. The number of fused-ring (bicyclic) bond motifs is 1. The Balaban J connectivity index is 2.33. The number of carbonyl (C=O) groups is 1. The molecule has 1 heterocycles. The van der Waals surface area contributed by atoms with Gasteiger partial charge in [-0.3, -0.25) is 14.2 Å². The second-order valence-corrected chi connectivity index (χ2v) is 4.74. The summed E-state index contributed by atoms with van der Waals surface area (Å²) in [6.07, 6.45) is 6.39. The first kappa shape index (κ1) is 13.3. The predicted octanol–water partition coefficient (Wildman–Crippen LogP) is 0.908. The molecule has 1 amide bonds. The maximum Gasteiger partial charge on any atom is 0.261 e. The van der Waals surface area contributed by atoms with Gasteiger partial charge in [-0.15, -0.1) is 6.42 Å². The van der Waals surface area contributed by atoms with Gasteiger partial charge in [-0.1, -0.05) is 21.9 Å². The lowest BCUT2D eigenvalue weighted by Crippen LogP contribution is -2.32. The number of aromatic nitrogens is 2. The van der Waals surface area contributed by atoms with E-state index in [1.54, 1.807) is 18.2 Å². The van der Waals surface area contributed by atoms with Crippen molar-refractivity contribution in [3.05, 3.63) is 39.4 Å². The number of terminal acetylenes is 1. The van der Waals surface area contributed by atoms with Crippen molar-refractivity contribution in [1.82, 2.24) is 14.9 Å². The molecular formula is C13H10BrN3O2. The number of nitrogens with zero attached hydrogens (tertiary/aromatic N) is 2. The molecule has 0 saturated carbocycles. The number of rotatable bonds is 3. The topological polar surface area (TPSA) is 64.0 Å². The summed E-state index contributed by atoms with van der Waals surface area (Å²) in [4.78, 5) is 27.8. The summed E-state index contributed by atoms with van der Waals surface area (Å²) in [5.41, 5.74) is 0.327. The van der Waals surface area contributed by atoms with Crippen molar-refractivity contribution < 1.29 is 4.79 Å². The van der Waals surface area contributed by atoms with Gasteiger partial charge >= 0.3 is 0 Å². The van der Waals surface area contributed by atoms with Crippen molar-refractivity contribution in [3.8, 4) is 12.3 Å². The Labute approximate surface area is 117 Å². The molecule has 96 valence electrons. The van der Waals surface area contributed by atoms with Gasteiger partial charge in [0, 0.05) is 4.47 Å². The van der Waals surface area contributed by atoms with Crippen LogP contribution in [-0.2, 0) is 11.3 Å². The molecule has 2 aromatic rings. The van der Waals surface area contributed by atoms with Crippen molar-refractivity contribution >= 4 is 32.7 Å². The number of nitrogens with one attached hydrogen (secondary N) is 1. The third-order valence-corrected chi connectivity index (χ3v) is 2.98. The molecule has 0 aliphatic heterocycles. The van der Waals surface area contributed by atoms with E-state index >= 15 is 0 Å². The molecule has 0 atom stereocenters. The fraction of sp³-hybridized carbons (Fsp3) is 0.154. The first-order chi connectivity index (χ1) is 9.11. The Bertz CT molecular complexity index is 731. The van der Waals surface area contributed by atoms with Crippen LogP contribution in [0.4, 0.5) is 0 Å². The summed E-state index contributed by atoms with van der Waals surface area (Å²) >= 11 is 3.31. The molecule has 0 saturated heterocycles. The maximum absolute atomic E-state index is 12.1. The van der Waals surface area contributed by atoms with Crippen LogP contribution >= 0.6 is 15.9 Å². The summed E-state index contributed by atoms with van der Waals surface area (Å²) < 4.78 is 2.10. The number of halogens is 1. The number of hydrogen-bond donors (Lipinski definition) is 1. The Morgan fingerprint density at radius 3 is 3.05 bits per heavy atom. The third kappa shape index (κ3) is 3.01. The van der Waals surface area contributed by atoms with Crippen LogP contribution in [0, 0.1) is 12.3 Å². The van der Waals surface area contributed by atoms with E-state index in [0.29, 0.717) is 10.9 Å². The molecule has 0 unspecified atom stereocenters. The highest BCUT2D eigenvalue weighted by Gasteiger charge is 2.07. The molecular weight excluding hydrogens is 310 g/mol. The van der Waals surface area contributed by atoms with Gasteiger partial charge in [-0.25, -0.2) is 4.98 Å². The van der Waals surface area contributed by atoms with Crippen LogP contribution in [0.5, 0.6) is 0 Å². The van der Waals surface area contributed by atoms with Gasteiger partial charge in [-0.2, -0.15) is 0 Å². The van der Waals surface area contributed by atoms with Crippen molar-refractivity contribution in [2.75, 3.05) is 6.54 Å². The summed E-state index contributed by atoms with van der Waals surface area (Å²) in [6, 6.07) is 5.18. The standard InChI is InChI=1S/C13H10BrN3O2/c1-2-5-15-12(18)7-17-8-16-11-6-9(14)3-4-10(11)13(17)19/h1,3-4,6,8H,5,7H2,(H,15,18). The Kier molecular flexibility index (Phi) is 3.97. The minimum atomic E-state index is -0.321. The number of amides is 1. The molecule has 2 rings (SSSR count). The molecule has 1 N–H and O–H groups in total. The summed E-state index contributed by atoms with van der Waals surface area (Å²) in [6.45, 7) is 0.0427. The molecule has 0 bridgehead atoms. The SMILES string of the molecule is C#CCNC(=O)Cn1cnc2cc(Br)ccc2c1=O. The van der Waals surface area contributed by atoms with Gasteiger partial charge in [0.1, 0.15) is 6.54 Å². The monoisotopic (exact) mass is 319 g/mol. The lowest BCUT2D eigenvalue weighted by atomic mass is 10.2. The minimum Gasteiger partial charge on any atom is -0.344 e. The van der Waals surface area contributed by atoms with Gasteiger partial charge in [-0.05, 0) is 18.2 Å². The van der Waals surface area contributed by atoms with Gasteiger partial charge in [0.15, 0.2) is 0 Å². The van der Waals surface area contributed by atoms with Crippen LogP contribution in [0.15, 0.2) is 33.8 Å². The largest absolute Gasteiger partial charge is 0.344 e. The van der Waals surface area contributed by atoms with Crippen LogP contribution in [-0.4, -0.2) is 22.0 Å². The second kappa shape index (κ2) is 5.67. The first-order valence-corrected chi connectivity index (χ1v) is 6.26. The van der Waals surface area contributed by atoms with Crippen LogP contribution in [0.1, 0.15) is 0 Å². The van der Waals surface area contributed by atoms with Crippen LogP contribution < -0.4 is 10.9 Å². The van der Waals surface area contributed by atoms with Crippen LogP contribution in [0.2, 0.25) is 0 Å². The van der Waals surface area contributed by atoms with E-state index in [2.05, 4.69) is 32.2 Å². The molecule has 0 fully saturated rings. The highest BCUT2D eigenvalue weighted by Crippen LogP contribution is 2.14. The van der Waals surface area contributed by atoms with E-state index in [0.717, 1.165) is 4.47 Å². The van der Waals surface area contributed by atoms with Gasteiger partial charge in [0.25, 0.3) is 5.56 Å². The normalized spacial score (nSPS) is 10.1. The predicted molar refractivity (Wildman–Crippen MR) is 75.5 cm³/mol. The second-order valence-electron chi connectivity index (χ2n) is 3.82. The number of hydrogen-bond acceptors (Lipinski definition) is 3. The smallest absolute Gasteiger partial charge is 0.261 e. The molecule has 0 aliphatic rings. The Hall–Kier alpha value is -2.13. The van der Waals surface area contributed by atoms with Crippen molar-refractivity contribution in [1.29, 1.82) is 0 Å². The fourth-order valence-electron chi connectivity index (χ4n) is 1.60. The lowest BCUT2D eigenvalue weighted by molar-refractivity contribution is -0.121. The highest BCUT2D eigenvalue weighted by atomic mass is 79.9. The van der Waals surface area contributed by atoms with E-state index < -0.39 is 0 Å². The lowest BCUT2D eigenvalue weighted by Gasteiger charge is -2.06. The van der Waals surface area contributed by atoms with E-state index in [1.165, 1.54) is 10.9 Å². The van der Waals surface area contributed by atoms with Gasteiger partial charge in [0.05, 0.1) is 23.8 Å². The zero-order valence-electron chi connectivity index (χ0n) is 9.89.